The van der Waals surface area contributed by atoms with Crippen LogP contribution in [0.15, 0.2) is 4.99 Å². The van der Waals surface area contributed by atoms with Crippen molar-refractivity contribution in [3.8, 4) is 0 Å². The van der Waals surface area contributed by atoms with Gasteiger partial charge < -0.3 is 15.4 Å². The molecule has 100 valence electrons. The second-order valence-electron chi connectivity index (χ2n) is 5.94. The third kappa shape index (κ3) is 2.92. The van der Waals surface area contributed by atoms with E-state index in [9.17, 15) is 0 Å². The number of rotatable bonds is 5. The van der Waals surface area contributed by atoms with E-state index >= 15 is 0 Å². The van der Waals surface area contributed by atoms with Crippen LogP contribution in [-0.2, 0) is 4.74 Å². The molecule has 0 bridgehead atoms. The van der Waals surface area contributed by atoms with Crippen molar-refractivity contribution in [2.45, 2.75) is 64.6 Å². The van der Waals surface area contributed by atoms with Gasteiger partial charge in [0.2, 0.25) is 0 Å². The highest BCUT2D eigenvalue weighted by Gasteiger charge is 2.43. The Morgan fingerprint density at radius 3 is 2.65 bits per heavy atom. The second-order valence-corrected chi connectivity index (χ2v) is 5.94. The molecular formula is C13H27N3O. The molecule has 17 heavy (non-hydrogen) atoms. The summed E-state index contributed by atoms with van der Waals surface area (Å²) < 4.78 is 5.54. The van der Waals surface area contributed by atoms with Crippen LogP contribution in [0.5, 0.6) is 0 Å². The molecule has 2 atom stereocenters. The highest BCUT2D eigenvalue weighted by molar-refractivity contribution is 5.81. The van der Waals surface area contributed by atoms with Gasteiger partial charge >= 0.3 is 0 Å². The van der Waals surface area contributed by atoms with Crippen molar-refractivity contribution >= 4 is 5.96 Å². The van der Waals surface area contributed by atoms with Crippen LogP contribution >= 0.6 is 0 Å². The Morgan fingerprint density at radius 1 is 1.59 bits per heavy atom. The Labute approximate surface area is 105 Å². The van der Waals surface area contributed by atoms with E-state index in [4.69, 9.17) is 10.5 Å². The Morgan fingerprint density at radius 2 is 2.18 bits per heavy atom. The summed E-state index contributed by atoms with van der Waals surface area (Å²) in [5.41, 5.74) is 5.85. The maximum Gasteiger partial charge on any atom is 0.192 e. The van der Waals surface area contributed by atoms with E-state index in [1.807, 2.05) is 0 Å². The molecule has 4 nitrogen and oxygen atoms in total. The summed E-state index contributed by atoms with van der Waals surface area (Å²) in [6, 6.07) is 0.416. The first kappa shape index (κ1) is 14.3. The molecule has 0 aromatic rings. The van der Waals surface area contributed by atoms with Crippen LogP contribution < -0.4 is 5.73 Å². The molecule has 2 unspecified atom stereocenters. The normalized spacial score (nSPS) is 27.2. The van der Waals surface area contributed by atoms with Crippen LogP contribution in [-0.4, -0.2) is 41.7 Å². The average molecular weight is 241 g/mol. The first-order chi connectivity index (χ1) is 7.75. The van der Waals surface area contributed by atoms with Crippen molar-refractivity contribution in [2.24, 2.45) is 10.7 Å². The quantitative estimate of drug-likeness (QED) is 0.801. The summed E-state index contributed by atoms with van der Waals surface area (Å²) in [7, 11) is 1.76. The van der Waals surface area contributed by atoms with Gasteiger partial charge in [0.1, 0.15) is 0 Å². The molecule has 0 aromatic heterocycles. The second kappa shape index (κ2) is 4.84. The van der Waals surface area contributed by atoms with Crippen molar-refractivity contribution < 1.29 is 4.74 Å². The fraction of sp³-hybridized carbons (Fsp3) is 0.923. The largest absolute Gasteiger partial charge is 0.379 e. The third-order valence-electron chi connectivity index (χ3n) is 3.80. The number of hydrogen-bond donors (Lipinski definition) is 1. The summed E-state index contributed by atoms with van der Waals surface area (Å²) >= 11 is 0. The van der Waals surface area contributed by atoms with Crippen molar-refractivity contribution in [1.29, 1.82) is 0 Å². The molecule has 2 N–H and O–H groups in total. The summed E-state index contributed by atoms with van der Waals surface area (Å²) in [5.74, 6) is 0.675. The van der Waals surface area contributed by atoms with Crippen LogP contribution in [0.3, 0.4) is 0 Å². The summed E-state index contributed by atoms with van der Waals surface area (Å²) in [5, 5.41) is 0. The lowest BCUT2D eigenvalue weighted by molar-refractivity contribution is -0.0218. The number of nitrogens with zero attached hydrogens (tertiary/aromatic N) is 2. The van der Waals surface area contributed by atoms with E-state index in [2.05, 4.69) is 44.5 Å². The lowest BCUT2D eigenvalue weighted by Gasteiger charge is -2.43. The highest BCUT2D eigenvalue weighted by Crippen LogP contribution is 2.33. The molecule has 0 spiro atoms. The van der Waals surface area contributed by atoms with Crippen LogP contribution in [0.25, 0.3) is 0 Å². The number of nitrogens with two attached hydrogens (primary N) is 1. The zero-order valence-electron chi connectivity index (χ0n) is 12.1. The van der Waals surface area contributed by atoms with E-state index in [0.717, 1.165) is 19.4 Å². The number of guanidine groups is 1. The maximum absolute atomic E-state index is 6.03. The molecule has 0 aliphatic carbocycles. The van der Waals surface area contributed by atoms with Gasteiger partial charge in [0.15, 0.2) is 5.96 Å². The minimum absolute atomic E-state index is 0.0287. The molecule has 1 aliphatic heterocycles. The monoisotopic (exact) mass is 241 g/mol. The van der Waals surface area contributed by atoms with E-state index in [1.165, 1.54) is 0 Å². The van der Waals surface area contributed by atoms with Gasteiger partial charge in [0.25, 0.3) is 0 Å². The van der Waals surface area contributed by atoms with Crippen LogP contribution in [0.4, 0.5) is 0 Å². The zero-order chi connectivity index (χ0) is 13.3. The van der Waals surface area contributed by atoms with E-state index in [-0.39, 0.29) is 11.1 Å². The van der Waals surface area contributed by atoms with Gasteiger partial charge in [-0.15, -0.1) is 0 Å². The van der Waals surface area contributed by atoms with Gasteiger partial charge in [-0.2, -0.15) is 0 Å². The summed E-state index contributed by atoms with van der Waals surface area (Å²) in [4.78, 5) is 6.68. The molecule has 0 radical (unpaired) electrons. The van der Waals surface area contributed by atoms with Gasteiger partial charge in [-0.05, 0) is 34.1 Å². The van der Waals surface area contributed by atoms with Crippen LogP contribution in [0.2, 0.25) is 0 Å². The first-order valence-electron chi connectivity index (χ1n) is 6.40. The topological polar surface area (TPSA) is 50.8 Å². The molecule has 0 aromatic carbocycles. The number of ether oxygens (including phenoxy) is 1. The minimum Gasteiger partial charge on any atom is -0.379 e. The Balaban J connectivity index is 2.88. The third-order valence-corrected chi connectivity index (χ3v) is 3.80. The van der Waals surface area contributed by atoms with Crippen molar-refractivity contribution in [3.63, 3.8) is 0 Å². The Bertz CT molecular complexity index is 301. The first-order valence-corrected chi connectivity index (χ1v) is 6.40. The molecule has 4 heteroatoms. The van der Waals surface area contributed by atoms with Gasteiger partial charge in [0, 0.05) is 19.6 Å². The number of hydrogen-bond acceptors (Lipinski definition) is 4. The van der Waals surface area contributed by atoms with Crippen LogP contribution in [0.1, 0.15) is 47.5 Å². The fourth-order valence-electron chi connectivity index (χ4n) is 2.75. The highest BCUT2D eigenvalue weighted by atomic mass is 16.5. The maximum atomic E-state index is 6.03. The predicted octanol–water partition coefficient (Wildman–Crippen LogP) is 1.99. The lowest BCUT2D eigenvalue weighted by Crippen LogP contribution is -2.56. The summed E-state index contributed by atoms with van der Waals surface area (Å²) in [6.07, 6.45) is 1.99. The van der Waals surface area contributed by atoms with E-state index < -0.39 is 0 Å². The van der Waals surface area contributed by atoms with E-state index in [1.54, 1.807) is 7.11 Å². The molecule has 0 saturated heterocycles. The number of aliphatic imine (C=N–C) groups is 1. The average Bonchev–Trinajstić information content (AvgIpc) is 2.53. The summed E-state index contributed by atoms with van der Waals surface area (Å²) in [6.45, 7) is 11.6. The Kier molecular flexibility index (Phi) is 4.07. The minimum atomic E-state index is -0.152. The zero-order valence-corrected chi connectivity index (χ0v) is 12.1. The molecule has 1 aliphatic rings. The van der Waals surface area contributed by atoms with Gasteiger partial charge in [-0.1, -0.05) is 6.92 Å². The lowest BCUT2D eigenvalue weighted by atomic mass is 9.86. The Hall–Kier alpha value is -0.770. The molecule has 1 heterocycles. The van der Waals surface area contributed by atoms with Gasteiger partial charge in [0.05, 0.1) is 17.7 Å². The smallest absolute Gasteiger partial charge is 0.192 e. The van der Waals surface area contributed by atoms with Crippen molar-refractivity contribution in [1.82, 2.24) is 4.90 Å². The standard InChI is InChI=1S/C13H27N3O/c1-7-10(2)16-11(14)15-9-13(16,5)8-12(3,4)17-6/h10H,7-9H2,1-6H3,(H2,14,15). The van der Waals surface area contributed by atoms with Gasteiger partial charge in [-0.3, -0.25) is 4.99 Å². The SMILES string of the molecule is CCC(C)N1C(N)=NCC1(C)CC(C)(C)OC. The predicted molar refractivity (Wildman–Crippen MR) is 72.2 cm³/mol. The molecule has 0 amide bonds. The fourth-order valence-corrected chi connectivity index (χ4v) is 2.75. The van der Waals surface area contributed by atoms with Crippen LogP contribution in [0, 0.1) is 0 Å². The molecular weight excluding hydrogens is 214 g/mol. The molecule has 0 saturated carbocycles. The molecule has 0 fully saturated rings. The van der Waals surface area contributed by atoms with E-state index in [0.29, 0.717) is 12.0 Å². The van der Waals surface area contributed by atoms with Gasteiger partial charge in [-0.25, -0.2) is 0 Å². The number of methoxy groups -OCH3 is 1. The van der Waals surface area contributed by atoms with Crippen molar-refractivity contribution in [2.75, 3.05) is 13.7 Å². The molecule has 1 rings (SSSR count). The van der Waals surface area contributed by atoms with Crippen molar-refractivity contribution in [3.05, 3.63) is 0 Å².